The van der Waals surface area contributed by atoms with E-state index in [1.54, 1.807) is 13.8 Å². The van der Waals surface area contributed by atoms with Gasteiger partial charge in [0, 0.05) is 10.6 Å². The van der Waals surface area contributed by atoms with Crippen molar-refractivity contribution in [3.05, 3.63) is 35.7 Å². The Morgan fingerprint density at radius 3 is 2.12 bits per heavy atom. The van der Waals surface area contributed by atoms with E-state index in [0.717, 1.165) is 6.08 Å². The number of carboxylic acid groups (broad SMARTS) is 1. The molecule has 16 heavy (non-hydrogen) atoms. The minimum absolute atomic E-state index is 0.0818. The van der Waals surface area contributed by atoms with Crippen LogP contribution in [0.5, 0.6) is 0 Å². The fraction of sp³-hybridized carbons (Fsp3) is 0.417. The van der Waals surface area contributed by atoms with Crippen molar-refractivity contribution in [1.82, 2.24) is 0 Å². The molecule has 0 radical (unpaired) electrons. The van der Waals surface area contributed by atoms with Gasteiger partial charge in [0.15, 0.2) is 0 Å². The minimum Gasteiger partial charge on any atom is -0.481 e. The average molecular weight is 247 g/mol. The first kappa shape index (κ1) is 14.9. The third kappa shape index (κ3) is 2.53. The van der Waals surface area contributed by atoms with Crippen molar-refractivity contribution in [3.63, 3.8) is 0 Å². The number of allylic oxidation sites excluding steroid dienone is 3. The molecular formula is C12H16ClFO2. The van der Waals surface area contributed by atoms with E-state index in [0.29, 0.717) is 0 Å². The Morgan fingerprint density at radius 1 is 1.50 bits per heavy atom. The number of hydrogen-bond acceptors (Lipinski definition) is 1. The van der Waals surface area contributed by atoms with Gasteiger partial charge >= 0.3 is 5.97 Å². The second-order valence-electron chi connectivity index (χ2n) is 3.43. The molecule has 0 spiro atoms. The summed E-state index contributed by atoms with van der Waals surface area (Å²) >= 11 is 5.70. The van der Waals surface area contributed by atoms with Crippen LogP contribution in [0.4, 0.5) is 4.39 Å². The molecule has 0 atom stereocenters. The van der Waals surface area contributed by atoms with E-state index in [9.17, 15) is 14.3 Å². The quantitative estimate of drug-likeness (QED) is 0.718. The molecule has 0 unspecified atom stereocenters. The molecule has 0 aromatic rings. The number of halogens is 2. The minimum atomic E-state index is -1.34. The van der Waals surface area contributed by atoms with Crippen LogP contribution in [0.2, 0.25) is 0 Å². The van der Waals surface area contributed by atoms with Crippen LogP contribution in [0.25, 0.3) is 0 Å². The SMILES string of the molecule is C=C/C(F)=C(\C(=C)Cl)C(CC)(CC)C(=O)O. The topological polar surface area (TPSA) is 37.3 Å². The number of aliphatic carboxylic acids is 1. The van der Waals surface area contributed by atoms with Gasteiger partial charge in [-0.15, -0.1) is 0 Å². The van der Waals surface area contributed by atoms with Crippen LogP contribution >= 0.6 is 11.6 Å². The maximum Gasteiger partial charge on any atom is 0.314 e. The van der Waals surface area contributed by atoms with Gasteiger partial charge in [0.25, 0.3) is 0 Å². The van der Waals surface area contributed by atoms with Crippen molar-refractivity contribution in [3.8, 4) is 0 Å². The lowest BCUT2D eigenvalue weighted by Gasteiger charge is -2.29. The summed E-state index contributed by atoms with van der Waals surface area (Å²) in [5.41, 5.74) is -1.42. The molecule has 0 saturated heterocycles. The van der Waals surface area contributed by atoms with Crippen molar-refractivity contribution in [1.29, 1.82) is 0 Å². The highest BCUT2D eigenvalue weighted by molar-refractivity contribution is 6.32. The highest BCUT2D eigenvalue weighted by atomic mass is 35.5. The average Bonchev–Trinajstić information content (AvgIpc) is 2.23. The lowest BCUT2D eigenvalue weighted by Crippen LogP contribution is -2.32. The first-order chi connectivity index (χ1) is 7.37. The number of hydrogen-bond donors (Lipinski definition) is 1. The zero-order valence-electron chi connectivity index (χ0n) is 9.52. The van der Waals surface area contributed by atoms with E-state index in [4.69, 9.17) is 11.6 Å². The molecule has 0 heterocycles. The van der Waals surface area contributed by atoms with Crippen molar-refractivity contribution >= 4 is 17.6 Å². The predicted molar refractivity (Wildman–Crippen MR) is 64.0 cm³/mol. The van der Waals surface area contributed by atoms with Crippen LogP contribution in [0.1, 0.15) is 26.7 Å². The molecule has 0 fully saturated rings. The van der Waals surface area contributed by atoms with Gasteiger partial charge in [-0.25, -0.2) is 4.39 Å². The fourth-order valence-corrected chi connectivity index (χ4v) is 2.00. The van der Waals surface area contributed by atoms with E-state index in [1.165, 1.54) is 0 Å². The molecule has 1 N–H and O–H groups in total. The van der Waals surface area contributed by atoms with Gasteiger partial charge in [0.2, 0.25) is 0 Å². The fourth-order valence-electron chi connectivity index (χ4n) is 1.73. The molecule has 0 aliphatic carbocycles. The van der Waals surface area contributed by atoms with Crippen molar-refractivity contribution in [2.24, 2.45) is 5.41 Å². The van der Waals surface area contributed by atoms with Gasteiger partial charge in [-0.05, 0) is 18.9 Å². The van der Waals surface area contributed by atoms with E-state index in [1.807, 2.05) is 0 Å². The molecule has 0 bridgehead atoms. The summed E-state index contributed by atoms with van der Waals surface area (Å²) in [6, 6.07) is 0. The molecule has 0 aliphatic heterocycles. The summed E-state index contributed by atoms with van der Waals surface area (Å²) in [6.07, 6.45) is 1.42. The maximum atomic E-state index is 13.6. The van der Waals surface area contributed by atoms with Crippen LogP contribution in [0, 0.1) is 5.41 Å². The smallest absolute Gasteiger partial charge is 0.314 e. The Labute approximate surface area is 100 Å². The molecule has 4 heteroatoms. The van der Waals surface area contributed by atoms with Gasteiger partial charge in [-0.1, -0.05) is 38.6 Å². The molecule has 2 nitrogen and oxygen atoms in total. The lowest BCUT2D eigenvalue weighted by molar-refractivity contribution is -0.146. The van der Waals surface area contributed by atoms with Crippen molar-refractivity contribution < 1.29 is 14.3 Å². The van der Waals surface area contributed by atoms with Crippen LogP contribution in [-0.2, 0) is 4.79 Å². The first-order valence-electron chi connectivity index (χ1n) is 4.98. The van der Waals surface area contributed by atoms with E-state index in [2.05, 4.69) is 13.2 Å². The predicted octanol–water partition coefficient (Wildman–Crippen LogP) is 4.04. The van der Waals surface area contributed by atoms with Gasteiger partial charge in [0.1, 0.15) is 5.83 Å². The summed E-state index contributed by atoms with van der Waals surface area (Å²) in [5.74, 6) is -1.84. The Bertz CT molecular complexity index is 341. The van der Waals surface area contributed by atoms with Gasteiger partial charge in [-0.2, -0.15) is 0 Å². The molecule has 90 valence electrons. The number of rotatable bonds is 6. The van der Waals surface area contributed by atoms with Crippen LogP contribution in [-0.4, -0.2) is 11.1 Å². The van der Waals surface area contributed by atoms with Crippen LogP contribution in [0.3, 0.4) is 0 Å². The Balaban J connectivity index is 5.92. The van der Waals surface area contributed by atoms with Gasteiger partial charge in [-0.3, -0.25) is 4.79 Å². The van der Waals surface area contributed by atoms with Gasteiger partial charge < -0.3 is 5.11 Å². The monoisotopic (exact) mass is 246 g/mol. The number of carboxylic acids is 1. The molecule has 0 rings (SSSR count). The summed E-state index contributed by atoms with van der Waals surface area (Å²) in [4.78, 5) is 11.3. The van der Waals surface area contributed by atoms with Crippen LogP contribution < -0.4 is 0 Å². The van der Waals surface area contributed by atoms with E-state index >= 15 is 0 Å². The second-order valence-corrected chi connectivity index (χ2v) is 3.88. The lowest BCUT2D eigenvalue weighted by atomic mass is 9.74. The van der Waals surface area contributed by atoms with Gasteiger partial charge in [0.05, 0.1) is 5.41 Å². The van der Waals surface area contributed by atoms with Crippen LogP contribution in [0.15, 0.2) is 35.7 Å². The molecule has 0 aliphatic rings. The largest absolute Gasteiger partial charge is 0.481 e. The van der Waals surface area contributed by atoms with Crippen molar-refractivity contribution in [2.75, 3.05) is 0 Å². The molecule has 0 saturated carbocycles. The standard InChI is InChI=1S/C12H16ClFO2/c1-5-9(14)10(8(4)13)12(6-2,7-3)11(15)16/h5H,1,4,6-7H2,2-3H3,(H,15,16)/b10-9-. The van der Waals surface area contributed by atoms with Crippen molar-refractivity contribution in [2.45, 2.75) is 26.7 Å². The maximum absolute atomic E-state index is 13.6. The summed E-state index contributed by atoms with van der Waals surface area (Å²) in [6.45, 7) is 10.1. The number of carbonyl (C=O) groups is 1. The molecule has 0 amide bonds. The Hall–Kier alpha value is -1.09. The second kappa shape index (κ2) is 5.85. The van der Waals surface area contributed by atoms with E-state index < -0.39 is 17.2 Å². The zero-order valence-corrected chi connectivity index (χ0v) is 10.3. The molecular weight excluding hydrogens is 231 g/mol. The third-order valence-electron chi connectivity index (χ3n) is 2.78. The first-order valence-corrected chi connectivity index (χ1v) is 5.36. The Kier molecular flexibility index (Phi) is 5.45. The third-order valence-corrected chi connectivity index (χ3v) is 2.97. The van der Waals surface area contributed by atoms with E-state index in [-0.39, 0.29) is 23.4 Å². The summed E-state index contributed by atoms with van der Waals surface area (Å²) < 4.78 is 13.6. The summed E-state index contributed by atoms with van der Waals surface area (Å²) in [7, 11) is 0. The normalized spacial score (nSPS) is 13.0. The molecule has 0 aromatic heterocycles. The highest BCUT2D eigenvalue weighted by Crippen LogP contribution is 2.42. The zero-order chi connectivity index (χ0) is 12.9. The summed E-state index contributed by atoms with van der Waals surface area (Å²) in [5, 5.41) is 9.16. The highest BCUT2D eigenvalue weighted by Gasteiger charge is 2.41. The Morgan fingerprint density at radius 2 is 1.94 bits per heavy atom. The molecule has 0 aromatic carbocycles.